The maximum Gasteiger partial charge on any atom is 0.335 e. The van der Waals surface area contributed by atoms with E-state index in [0.717, 1.165) is 25.7 Å². The molecule has 2 aromatic rings. The first kappa shape index (κ1) is 16.2. The van der Waals surface area contributed by atoms with E-state index in [0.29, 0.717) is 23.0 Å². The van der Waals surface area contributed by atoms with Crippen LogP contribution in [0.5, 0.6) is 0 Å². The number of benzene rings is 2. The Labute approximate surface area is 140 Å². The lowest BCUT2D eigenvalue weighted by atomic mass is 9.75. The Kier molecular flexibility index (Phi) is 4.65. The lowest BCUT2D eigenvalue weighted by molar-refractivity contribution is 0.0686. The summed E-state index contributed by atoms with van der Waals surface area (Å²) in [5, 5.41) is 18.0. The van der Waals surface area contributed by atoms with Gasteiger partial charge in [0.1, 0.15) is 0 Å². The molecule has 0 heterocycles. The van der Waals surface area contributed by atoms with Gasteiger partial charge in [-0.2, -0.15) is 0 Å². The Morgan fingerprint density at radius 3 is 1.42 bits per heavy atom. The van der Waals surface area contributed by atoms with Crippen LogP contribution in [-0.4, -0.2) is 22.2 Å². The smallest absolute Gasteiger partial charge is 0.335 e. The minimum atomic E-state index is -0.901. The first-order valence-electron chi connectivity index (χ1n) is 8.21. The normalized spacial score (nSPS) is 20.5. The summed E-state index contributed by atoms with van der Waals surface area (Å²) in [4.78, 5) is 21.9. The highest BCUT2D eigenvalue weighted by atomic mass is 16.4. The molecule has 3 rings (SSSR count). The van der Waals surface area contributed by atoms with Crippen molar-refractivity contribution < 1.29 is 19.8 Å². The summed E-state index contributed by atoms with van der Waals surface area (Å²) in [6.45, 7) is 0. The monoisotopic (exact) mass is 324 g/mol. The topological polar surface area (TPSA) is 74.6 Å². The summed E-state index contributed by atoms with van der Waals surface area (Å²) in [7, 11) is 0. The molecular formula is C20H20O4. The molecule has 1 fully saturated rings. The van der Waals surface area contributed by atoms with E-state index in [9.17, 15) is 9.59 Å². The number of carboxylic acid groups (broad SMARTS) is 2. The van der Waals surface area contributed by atoms with Crippen molar-refractivity contribution in [2.24, 2.45) is 0 Å². The van der Waals surface area contributed by atoms with E-state index in [4.69, 9.17) is 10.2 Å². The molecule has 0 aliphatic heterocycles. The molecule has 0 spiro atoms. The van der Waals surface area contributed by atoms with Crippen LogP contribution in [0, 0.1) is 0 Å². The predicted octanol–water partition coefficient (Wildman–Crippen LogP) is 4.52. The van der Waals surface area contributed by atoms with Gasteiger partial charge in [0.25, 0.3) is 0 Å². The highest BCUT2D eigenvalue weighted by Gasteiger charge is 2.24. The molecule has 0 aromatic heterocycles. The molecule has 1 saturated carbocycles. The van der Waals surface area contributed by atoms with Crippen molar-refractivity contribution in [3.05, 3.63) is 70.8 Å². The molecule has 0 bridgehead atoms. The van der Waals surface area contributed by atoms with Crippen LogP contribution in [0.4, 0.5) is 0 Å². The number of carboxylic acids is 2. The van der Waals surface area contributed by atoms with Crippen LogP contribution in [-0.2, 0) is 0 Å². The molecule has 2 atom stereocenters. The van der Waals surface area contributed by atoms with Crippen LogP contribution in [0.15, 0.2) is 48.5 Å². The molecule has 4 nitrogen and oxygen atoms in total. The molecule has 0 amide bonds. The standard InChI is InChI=1S/C20H20O4/c21-19(22)15-8-4-13(5-9-15)17-2-1-3-18(12-17)14-6-10-16(11-7-14)20(23)24/h4-11,17-18H,1-3,12H2,(H,21,22)(H,23,24). The van der Waals surface area contributed by atoms with Crippen LogP contribution in [0.25, 0.3) is 0 Å². The van der Waals surface area contributed by atoms with Gasteiger partial charge >= 0.3 is 11.9 Å². The maximum atomic E-state index is 11.0. The second-order valence-corrected chi connectivity index (χ2v) is 6.41. The van der Waals surface area contributed by atoms with E-state index >= 15 is 0 Å². The second kappa shape index (κ2) is 6.87. The fraction of sp³-hybridized carbons (Fsp3) is 0.300. The minimum Gasteiger partial charge on any atom is -0.478 e. The van der Waals surface area contributed by atoms with Crippen LogP contribution < -0.4 is 0 Å². The molecule has 124 valence electrons. The Morgan fingerprint density at radius 1 is 0.708 bits per heavy atom. The van der Waals surface area contributed by atoms with Gasteiger partial charge in [0.15, 0.2) is 0 Å². The van der Waals surface area contributed by atoms with E-state index in [1.165, 1.54) is 11.1 Å². The summed E-state index contributed by atoms with van der Waals surface area (Å²) < 4.78 is 0. The third-order valence-corrected chi connectivity index (χ3v) is 4.93. The number of aromatic carboxylic acids is 2. The Hall–Kier alpha value is -2.62. The minimum absolute atomic E-state index is 0.315. The van der Waals surface area contributed by atoms with Gasteiger partial charge in [-0.15, -0.1) is 0 Å². The largest absolute Gasteiger partial charge is 0.478 e. The van der Waals surface area contributed by atoms with E-state index in [-0.39, 0.29) is 0 Å². The predicted molar refractivity (Wildman–Crippen MR) is 90.8 cm³/mol. The summed E-state index contributed by atoms with van der Waals surface area (Å²) >= 11 is 0. The molecule has 0 radical (unpaired) electrons. The molecule has 24 heavy (non-hydrogen) atoms. The lowest BCUT2D eigenvalue weighted by Crippen LogP contribution is -2.13. The molecule has 2 aromatic carbocycles. The average molecular weight is 324 g/mol. The molecule has 4 heteroatoms. The van der Waals surface area contributed by atoms with Crippen molar-refractivity contribution in [3.63, 3.8) is 0 Å². The Bertz CT molecular complexity index is 668. The summed E-state index contributed by atoms with van der Waals surface area (Å²) in [6, 6.07) is 14.4. The van der Waals surface area contributed by atoms with Gasteiger partial charge in [-0.05, 0) is 66.5 Å². The van der Waals surface area contributed by atoms with Crippen molar-refractivity contribution in [2.75, 3.05) is 0 Å². The third-order valence-electron chi connectivity index (χ3n) is 4.93. The molecule has 1 aliphatic rings. The van der Waals surface area contributed by atoms with E-state index in [2.05, 4.69) is 0 Å². The van der Waals surface area contributed by atoms with Gasteiger partial charge in [0.05, 0.1) is 11.1 Å². The van der Waals surface area contributed by atoms with Crippen molar-refractivity contribution in [3.8, 4) is 0 Å². The van der Waals surface area contributed by atoms with Gasteiger partial charge in [0.2, 0.25) is 0 Å². The van der Waals surface area contributed by atoms with Crippen molar-refractivity contribution in [1.29, 1.82) is 0 Å². The van der Waals surface area contributed by atoms with E-state index < -0.39 is 11.9 Å². The summed E-state index contributed by atoms with van der Waals surface area (Å²) in [5.41, 5.74) is 3.00. The fourth-order valence-corrected chi connectivity index (χ4v) is 3.59. The number of hydrogen-bond donors (Lipinski definition) is 2. The first-order valence-corrected chi connectivity index (χ1v) is 8.21. The fourth-order valence-electron chi connectivity index (χ4n) is 3.59. The van der Waals surface area contributed by atoms with Gasteiger partial charge in [-0.1, -0.05) is 30.7 Å². The summed E-state index contributed by atoms with van der Waals surface area (Å²) in [5.74, 6) is -0.959. The number of rotatable bonds is 4. The van der Waals surface area contributed by atoms with Crippen molar-refractivity contribution in [1.82, 2.24) is 0 Å². The van der Waals surface area contributed by atoms with E-state index in [1.807, 2.05) is 24.3 Å². The van der Waals surface area contributed by atoms with Crippen LogP contribution in [0.3, 0.4) is 0 Å². The van der Waals surface area contributed by atoms with Crippen molar-refractivity contribution >= 4 is 11.9 Å². The molecule has 2 N–H and O–H groups in total. The zero-order chi connectivity index (χ0) is 17.1. The van der Waals surface area contributed by atoms with Gasteiger partial charge in [-0.3, -0.25) is 0 Å². The van der Waals surface area contributed by atoms with E-state index in [1.54, 1.807) is 24.3 Å². The summed E-state index contributed by atoms with van der Waals surface area (Å²) in [6.07, 6.45) is 4.35. The second-order valence-electron chi connectivity index (χ2n) is 6.41. The quantitative estimate of drug-likeness (QED) is 0.867. The lowest BCUT2D eigenvalue weighted by Gasteiger charge is -2.30. The van der Waals surface area contributed by atoms with Crippen LogP contribution >= 0.6 is 0 Å². The van der Waals surface area contributed by atoms with Gasteiger partial charge < -0.3 is 10.2 Å². The zero-order valence-corrected chi connectivity index (χ0v) is 13.3. The van der Waals surface area contributed by atoms with Crippen LogP contribution in [0.2, 0.25) is 0 Å². The van der Waals surface area contributed by atoms with Gasteiger partial charge in [0, 0.05) is 0 Å². The molecule has 2 unspecified atom stereocenters. The average Bonchev–Trinajstić information content (AvgIpc) is 2.62. The first-order chi connectivity index (χ1) is 11.5. The SMILES string of the molecule is O=C(O)c1ccc(C2CCCC(c3ccc(C(=O)O)cc3)C2)cc1. The van der Waals surface area contributed by atoms with Crippen LogP contribution in [0.1, 0.15) is 69.4 Å². The number of hydrogen-bond acceptors (Lipinski definition) is 2. The highest BCUT2D eigenvalue weighted by Crippen LogP contribution is 2.41. The number of carbonyl (C=O) groups is 2. The van der Waals surface area contributed by atoms with Gasteiger partial charge in [-0.25, -0.2) is 9.59 Å². The Balaban J connectivity index is 1.74. The Morgan fingerprint density at radius 2 is 1.08 bits per heavy atom. The van der Waals surface area contributed by atoms with Crippen molar-refractivity contribution in [2.45, 2.75) is 37.5 Å². The molecule has 0 saturated heterocycles. The maximum absolute atomic E-state index is 11.0. The zero-order valence-electron chi connectivity index (χ0n) is 13.3. The third kappa shape index (κ3) is 3.48. The molecule has 1 aliphatic carbocycles. The molecular weight excluding hydrogens is 304 g/mol. The highest BCUT2D eigenvalue weighted by molar-refractivity contribution is 5.88.